The quantitative estimate of drug-likeness (QED) is 0.666. The van der Waals surface area contributed by atoms with E-state index >= 15 is 0 Å². The molecule has 0 bridgehead atoms. The van der Waals surface area contributed by atoms with Crippen molar-refractivity contribution in [3.8, 4) is 5.75 Å². The molecule has 16 heavy (non-hydrogen) atoms. The maximum Gasteiger partial charge on any atom is 0.249 e. The molecule has 0 aliphatic rings. The summed E-state index contributed by atoms with van der Waals surface area (Å²) in [6.07, 6.45) is -2.96. The largest absolute Gasteiger partial charge is 0.497 e. The van der Waals surface area contributed by atoms with Gasteiger partial charge < -0.3 is 20.7 Å². The molecule has 2 atom stereocenters. The summed E-state index contributed by atoms with van der Waals surface area (Å²) in [5.74, 6) is -0.425. The van der Waals surface area contributed by atoms with E-state index in [1.165, 1.54) is 7.11 Å². The van der Waals surface area contributed by atoms with Crippen LogP contribution in [0.1, 0.15) is 17.2 Å². The van der Waals surface area contributed by atoms with Gasteiger partial charge in [-0.2, -0.15) is 0 Å². The van der Waals surface area contributed by atoms with E-state index < -0.39 is 18.1 Å². The van der Waals surface area contributed by atoms with Gasteiger partial charge in [0.05, 0.1) is 7.11 Å². The van der Waals surface area contributed by atoms with Gasteiger partial charge in [-0.3, -0.25) is 4.79 Å². The molecule has 0 saturated heterocycles. The van der Waals surface area contributed by atoms with Gasteiger partial charge in [0.25, 0.3) is 0 Å². The number of methoxy groups -OCH3 is 1. The number of carbonyl (C=O) groups is 1. The highest BCUT2D eigenvalue weighted by atomic mass is 16.5. The Balaban J connectivity index is 3.06. The predicted molar refractivity (Wildman–Crippen MR) is 57.9 cm³/mol. The van der Waals surface area contributed by atoms with Crippen LogP contribution in [0.15, 0.2) is 18.2 Å². The van der Waals surface area contributed by atoms with Gasteiger partial charge >= 0.3 is 0 Å². The van der Waals surface area contributed by atoms with Crippen molar-refractivity contribution in [2.45, 2.75) is 19.1 Å². The molecule has 2 unspecified atom stereocenters. The van der Waals surface area contributed by atoms with Crippen LogP contribution in [0.25, 0.3) is 0 Å². The van der Waals surface area contributed by atoms with E-state index in [4.69, 9.17) is 10.5 Å². The van der Waals surface area contributed by atoms with Gasteiger partial charge in [-0.05, 0) is 30.2 Å². The standard InChI is InChI=1S/C11H15NO4/c1-6-3-4-7(16-2)5-8(6)9(13)10(14)11(12)15/h3-5,9-10,13-14H,1-2H3,(H2,12,15). The van der Waals surface area contributed by atoms with Crippen LogP contribution in [0, 0.1) is 6.92 Å². The lowest BCUT2D eigenvalue weighted by Crippen LogP contribution is -2.34. The fourth-order valence-electron chi connectivity index (χ4n) is 1.39. The van der Waals surface area contributed by atoms with Gasteiger partial charge in [-0.1, -0.05) is 6.07 Å². The number of aryl methyl sites for hydroxylation is 1. The van der Waals surface area contributed by atoms with Crippen molar-refractivity contribution < 1.29 is 19.7 Å². The molecule has 0 aliphatic carbocycles. The molecule has 1 rings (SSSR count). The second kappa shape index (κ2) is 4.96. The molecule has 5 heteroatoms. The van der Waals surface area contributed by atoms with E-state index in [1.54, 1.807) is 25.1 Å². The Hall–Kier alpha value is -1.59. The number of amides is 1. The molecule has 0 spiro atoms. The first kappa shape index (κ1) is 12.5. The Kier molecular flexibility index (Phi) is 3.87. The van der Waals surface area contributed by atoms with Crippen molar-refractivity contribution in [1.82, 2.24) is 0 Å². The van der Waals surface area contributed by atoms with E-state index in [9.17, 15) is 15.0 Å². The highest BCUT2D eigenvalue weighted by Crippen LogP contribution is 2.25. The van der Waals surface area contributed by atoms with E-state index in [0.29, 0.717) is 11.3 Å². The minimum Gasteiger partial charge on any atom is -0.497 e. The van der Waals surface area contributed by atoms with Gasteiger partial charge in [0.1, 0.15) is 11.9 Å². The Morgan fingerprint density at radius 3 is 2.56 bits per heavy atom. The molecule has 88 valence electrons. The Labute approximate surface area is 93.5 Å². The van der Waals surface area contributed by atoms with Crippen LogP contribution in [0.3, 0.4) is 0 Å². The maximum absolute atomic E-state index is 10.8. The van der Waals surface area contributed by atoms with Crippen LogP contribution < -0.4 is 10.5 Å². The molecule has 4 N–H and O–H groups in total. The number of primary amides is 1. The Bertz CT molecular complexity index is 392. The average molecular weight is 225 g/mol. The van der Waals surface area contributed by atoms with Gasteiger partial charge in [-0.15, -0.1) is 0 Å². The van der Waals surface area contributed by atoms with Gasteiger partial charge in [0.15, 0.2) is 6.10 Å². The Morgan fingerprint density at radius 1 is 1.44 bits per heavy atom. The van der Waals surface area contributed by atoms with Gasteiger partial charge in [0, 0.05) is 0 Å². The summed E-state index contributed by atoms with van der Waals surface area (Å²) in [5.41, 5.74) is 6.08. The van der Waals surface area contributed by atoms with Crippen LogP contribution in [0.2, 0.25) is 0 Å². The topological polar surface area (TPSA) is 92.8 Å². The van der Waals surface area contributed by atoms with E-state index in [2.05, 4.69) is 0 Å². The molecule has 0 saturated carbocycles. The van der Waals surface area contributed by atoms with Crippen molar-refractivity contribution in [2.24, 2.45) is 5.73 Å². The van der Waals surface area contributed by atoms with Crippen LogP contribution >= 0.6 is 0 Å². The first-order valence-corrected chi connectivity index (χ1v) is 4.77. The smallest absolute Gasteiger partial charge is 0.249 e. The van der Waals surface area contributed by atoms with Crippen molar-refractivity contribution in [3.05, 3.63) is 29.3 Å². The maximum atomic E-state index is 10.8. The average Bonchev–Trinajstić information content (AvgIpc) is 2.27. The number of ether oxygens (including phenoxy) is 1. The third kappa shape index (κ3) is 2.50. The molecule has 0 heterocycles. The summed E-state index contributed by atoms with van der Waals surface area (Å²) in [5, 5.41) is 19.1. The molecule has 1 aromatic rings. The second-order valence-corrected chi connectivity index (χ2v) is 3.51. The minimum atomic E-state index is -1.62. The van der Waals surface area contributed by atoms with Gasteiger partial charge in [-0.25, -0.2) is 0 Å². The number of carbonyl (C=O) groups excluding carboxylic acids is 1. The van der Waals surface area contributed by atoms with Crippen LogP contribution in [-0.4, -0.2) is 29.3 Å². The lowest BCUT2D eigenvalue weighted by molar-refractivity contribution is -0.132. The monoisotopic (exact) mass is 225 g/mol. The zero-order chi connectivity index (χ0) is 12.3. The number of aliphatic hydroxyl groups is 2. The second-order valence-electron chi connectivity index (χ2n) is 3.51. The number of rotatable bonds is 4. The van der Waals surface area contributed by atoms with Crippen molar-refractivity contribution in [1.29, 1.82) is 0 Å². The molecular formula is C11H15NO4. The summed E-state index contributed by atoms with van der Waals surface area (Å²) in [6, 6.07) is 5.01. The summed E-state index contributed by atoms with van der Waals surface area (Å²) >= 11 is 0. The molecule has 0 radical (unpaired) electrons. The highest BCUT2D eigenvalue weighted by Gasteiger charge is 2.24. The summed E-state index contributed by atoms with van der Waals surface area (Å²) in [4.78, 5) is 10.8. The van der Waals surface area contributed by atoms with Crippen molar-refractivity contribution in [3.63, 3.8) is 0 Å². The summed E-state index contributed by atoms with van der Waals surface area (Å²) in [7, 11) is 1.49. The van der Waals surface area contributed by atoms with E-state index in [1.807, 2.05) is 0 Å². The molecule has 0 aliphatic heterocycles. The number of hydrogen-bond donors (Lipinski definition) is 3. The van der Waals surface area contributed by atoms with E-state index in [0.717, 1.165) is 5.56 Å². The molecule has 1 aromatic carbocycles. The molecule has 5 nitrogen and oxygen atoms in total. The van der Waals surface area contributed by atoms with Crippen LogP contribution in [-0.2, 0) is 4.79 Å². The minimum absolute atomic E-state index is 0.422. The third-order valence-electron chi connectivity index (χ3n) is 2.40. The molecule has 1 amide bonds. The van der Waals surface area contributed by atoms with Crippen LogP contribution in [0.5, 0.6) is 5.75 Å². The summed E-state index contributed by atoms with van der Waals surface area (Å²) < 4.78 is 4.99. The third-order valence-corrected chi connectivity index (χ3v) is 2.40. The summed E-state index contributed by atoms with van der Waals surface area (Å²) in [6.45, 7) is 1.76. The van der Waals surface area contributed by atoms with E-state index in [-0.39, 0.29) is 0 Å². The zero-order valence-electron chi connectivity index (χ0n) is 9.18. The number of aliphatic hydroxyl groups excluding tert-OH is 2. The lowest BCUT2D eigenvalue weighted by atomic mass is 9.99. The normalized spacial score (nSPS) is 14.2. The zero-order valence-corrected chi connectivity index (χ0v) is 9.18. The first-order valence-electron chi connectivity index (χ1n) is 4.77. The SMILES string of the molecule is COc1ccc(C)c(C(O)C(O)C(N)=O)c1. The predicted octanol–water partition coefficient (Wildman–Crippen LogP) is -0.117. The number of benzene rings is 1. The number of hydrogen-bond acceptors (Lipinski definition) is 4. The number of nitrogens with two attached hydrogens (primary N) is 1. The highest BCUT2D eigenvalue weighted by molar-refractivity contribution is 5.79. The fourth-order valence-corrected chi connectivity index (χ4v) is 1.39. The van der Waals surface area contributed by atoms with Gasteiger partial charge in [0.2, 0.25) is 5.91 Å². The Morgan fingerprint density at radius 2 is 2.06 bits per heavy atom. The molecular weight excluding hydrogens is 210 g/mol. The lowest BCUT2D eigenvalue weighted by Gasteiger charge is -2.18. The van der Waals surface area contributed by atoms with Crippen molar-refractivity contribution in [2.75, 3.05) is 7.11 Å². The fraction of sp³-hybridized carbons (Fsp3) is 0.364. The molecule has 0 aromatic heterocycles. The van der Waals surface area contributed by atoms with Crippen LogP contribution in [0.4, 0.5) is 0 Å². The van der Waals surface area contributed by atoms with Crippen molar-refractivity contribution >= 4 is 5.91 Å². The first-order chi connectivity index (χ1) is 7.47. The molecule has 0 fully saturated rings.